The third-order valence-corrected chi connectivity index (χ3v) is 14.3. The highest BCUT2D eigenvalue weighted by Gasteiger charge is 2.29. The molecule has 0 aliphatic rings. The Morgan fingerprint density at radius 1 is 0.349 bits per heavy atom. The number of phosphoric ester groups is 2. The lowest BCUT2D eigenvalue weighted by atomic mass is 10.1. The highest BCUT2D eigenvalue weighted by Crippen LogP contribution is 2.45. The van der Waals surface area contributed by atoms with Gasteiger partial charge in [-0.3, -0.25) is 32.5 Å². The Morgan fingerprint density at radius 3 is 1.10 bits per heavy atom. The number of carbonyl (C=O) groups excluding carboxylic acids is 3. The summed E-state index contributed by atoms with van der Waals surface area (Å²) in [6, 6.07) is 0. The van der Waals surface area contributed by atoms with Crippen LogP contribution in [0.2, 0.25) is 0 Å². The van der Waals surface area contributed by atoms with Gasteiger partial charge in [-0.25, -0.2) is 9.13 Å². The van der Waals surface area contributed by atoms with Gasteiger partial charge in [0.2, 0.25) is 0 Å². The van der Waals surface area contributed by atoms with Crippen LogP contribution in [-0.2, 0) is 55.8 Å². The van der Waals surface area contributed by atoms with E-state index in [2.05, 4.69) is 130 Å². The molecule has 0 fully saturated rings. The quantitative estimate of drug-likeness (QED) is 0.0146. The molecule has 0 amide bonds. The van der Waals surface area contributed by atoms with E-state index in [4.69, 9.17) is 32.3 Å². The van der Waals surface area contributed by atoms with Gasteiger partial charge >= 0.3 is 33.6 Å². The molecule has 476 valence electrons. The van der Waals surface area contributed by atoms with Crippen LogP contribution in [0.25, 0.3) is 0 Å². The lowest BCUT2D eigenvalue weighted by Gasteiger charge is -2.21. The third-order valence-electron chi connectivity index (χ3n) is 12.4. The average Bonchev–Trinajstić information content (AvgIpc) is 3.47. The van der Waals surface area contributed by atoms with Crippen molar-refractivity contribution in [2.24, 2.45) is 0 Å². The van der Waals surface area contributed by atoms with Crippen LogP contribution in [0.4, 0.5) is 0 Å². The summed E-state index contributed by atoms with van der Waals surface area (Å²) in [5.74, 6) is -1.65. The molecule has 0 rings (SSSR count). The summed E-state index contributed by atoms with van der Waals surface area (Å²) in [5, 5.41) is 20.5. The number of unbranched alkanes of at least 4 members (excludes halogenated alkanes) is 17. The Morgan fingerprint density at radius 2 is 0.663 bits per heavy atom. The van der Waals surface area contributed by atoms with Crippen molar-refractivity contribution in [1.29, 1.82) is 0 Å². The van der Waals surface area contributed by atoms with Gasteiger partial charge in [-0.15, -0.1) is 0 Å². The van der Waals surface area contributed by atoms with Crippen LogP contribution in [0, 0.1) is 0 Å². The smallest absolute Gasteiger partial charge is 0.463 e. The monoisotopic (exact) mass is 1210 g/mol. The molecule has 0 saturated heterocycles. The molecule has 0 aliphatic carbocycles. The first-order chi connectivity index (χ1) is 40.2. The Bertz CT molecular complexity index is 1960. The number of esters is 3. The second-order valence-electron chi connectivity index (χ2n) is 20.5. The van der Waals surface area contributed by atoms with Gasteiger partial charge in [0.1, 0.15) is 25.4 Å². The van der Waals surface area contributed by atoms with E-state index in [0.29, 0.717) is 19.3 Å². The zero-order valence-corrected chi connectivity index (χ0v) is 52.9. The maximum Gasteiger partial charge on any atom is 0.472 e. The highest BCUT2D eigenvalue weighted by molar-refractivity contribution is 7.47. The highest BCUT2D eigenvalue weighted by atomic mass is 31.2. The first kappa shape index (κ1) is 79.2. The first-order valence-corrected chi connectivity index (χ1v) is 34.2. The predicted molar refractivity (Wildman–Crippen MR) is 334 cm³/mol. The van der Waals surface area contributed by atoms with Gasteiger partial charge in [-0.1, -0.05) is 194 Å². The minimum absolute atomic E-state index is 0.0888. The number of ether oxygens (including phenoxy) is 3. The van der Waals surface area contributed by atoms with E-state index >= 15 is 0 Å². The largest absolute Gasteiger partial charge is 0.472 e. The van der Waals surface area contributed by atoms with Crippen LogP contribution < -0.4 is 0 Å². The molecule has 0 heterocycles. The Hall–Kier alpha value is -3.79. The molecule has 0 saturated carbocycles. The molecule has 0 aromatic rings. The molecule has 0 aromatic carbocycles. The normalized spacial score (nSPS) is 15.1. The second kappa shape index (κ2) is 58.6. The second-order valence-corrected chi connectivity index (χ2v) is 23.4. The van der Waals surface area contributed by atoms with Crippen molar-refractivity contribution in [1.82, 2.24) is 0 Å². The molecule has 18 heteroatoms. The van der Waals surface area contributed by atoms with Crippen LogP contribution in [0.15, 0.2) is 109 Å². The molecule has 83 heavy (non-hydrogen) atoms. The topological polar surface area (TPSA) is 231 Å². The lowest BCUT2D eigenvalue weighted by molar-refractivity contribution is -0.161. The maximum atomic E-state index is 12.8. The van der Waals surface area contributed by atoms with Gasteiger partial charge in [-0.2, -0.15) is 0 Å². The summed E-state index contributed by atoms with van der Waals surface area (Å²) < 4.78 is 60.6. The van der Waals surface area contributed by atoms with Gasteiger partial charge in [0.05, 0.1) is 26.4 Å². The van der Waals surface area contributed by atoms with E-state index in [1.165, 1.54) is 25.7 Å². The summed E-state index contributed by atoms with van der Waals surface area (Å²) >= 11 is 0. The molecule has 0 spiro atoms. The summed E-state index contributed by atoms with van der Waals surface area (Å²) in [4.78, 5) is 58.1. The van der Waals surface area contributed by atoms with E-state index < -0.39 is 91.5 Å². The number of hydrogen-bond acceptors (Lipinski definition) is 14. The predicted octanol–water partition coefficient (Wildman–Crippen LogP) is 16.5. The minimum atomic E-state index is -4.93. The number of aliphatic hydroxyl groups excluding tert-OH is 2. The van der Waals surface area contributed by atoms with Crippen molar-refractivity contribution in [3.05, 3.63) is 109 Å². The zero-order valence-electron chi connectivity index (χ0n) is 51.1. The van der Waals surface area contributed by atoms with Gasteiger partial charge in [0, 0.05) is 19.3 Å². The number of aliphatic hydroxyl groups is 2. The van der Waals surface area contributed by atoms with Gasteiger partial charge in [0.25, 0.3) is 0 Å². The summed E-state index contributed by atoms with van der Waals surface area (Å²) in [6.07, 6.45) is 63.0. The number of phosphoric acid groups is 2. The third kappa shape index (κ3) is 59.7. The van der Waals surface area contributed by atoms with Crippen molar-refractivity contribution >= 4 is 33.6 Å². The van der Waals surface area contributed by atoms with Crippen molar-refractivity contribution in [2.75, 3.05) is 39.6 Å². The Balaban J connectivity index is 4.67. The van der Waals surface area contributed by atoms with E-state index in [1.54, 1.807) is 0 Å². The summed E-state index contributed by atoms with van der Waals surface area (Å²) in [5.41, 5.74) is 0. The molecule has 0 bridgehead atoms. The summed E-state index contributed by atoms with van der Waals surface area (Å²) in [7, 11) is -9.78. The van der Waals surface area contributed by atoms with E-state index in [9.17, 15) is 43.5 Å². The van der Waals surface area contributed by atoms with E-state index in [1.807, 2.05) is 0 Å². The van der Waals surface area contributed by atoms with Gasteiger partial charge in [0.15, 0.2) is 6.10 Å². The standard InChI is InChI=1S/C65H110O16P2/c1-4-7-10-13-16-19-22-25-26-27-28-29-30-31-32-35-37-39-42-45-48-51-63(68)75-54-60(66)55-77-82(71,72)78-56-61(67)57-79-83(73,74)80-59-62(81-65(70)53-50-47-44-41-38-34-24-21-18-15-12-9-6-3)58-76-64(69)52-49-46-43-40-36-33-23-20-17-14-11-8-5-2/h7,10-11,14,16,19-21,23-26,28-29,31-32,37,39,60-62,66-67H,4-6,8-9,12-13,15,17-18,22,27,30,33-36,38,40-59H2,1-3H3,(H,71,72)(H,73,74)/b10-7-,14-11-,19-16-,23-20-,24-21-,26-25-,29-28-,32-31-,39-37-. The molecule has 16 nitrogen and oxygen atoms in total. The number of hydrogen-bond donors (Lipinski definition) is 4. The van der Waals surface area contributed by atoms with Crippen LogP contribution in [0.5, 0.6) is 0 Å². The fourth-order valence-electron chi connectivity index (χ4n) is 7.66. The fraction of sp³-hybridized carbons (Fsp3) is 0.677. The minimum Gasteiger partial charge on any atom is -0.463 e. The maximum absolute atomic E-state index is 12.8. The van der Waals surface area contributed by atoms with Crippen molar-refractivity contribution < 1.29 is 75.8 Å². The number of allylic oxidation sites excluding steroid dienone is 18. The molecular weight excluding hydrogens is 1100 g/mol. The van der Waals surface area contributed by atoms with Gasteiger partial charge in [-0.05, 0) is 122 Å². The first-order valence-electron chi connectivity index (χ1n) is 31.2. The lowest BCUT2D eigenvalue weighted by Crippen LogP contribution is -2.30. The number of rotatable bonds is 58. The van der Waals surface area contributed by atoms with Crippen molar-refractivity contribution in [3.8, 4) is 0 Å². The van der Waals surface area contributed by atoms with Crippen molar-refractivity contribution in [2.45, 2.75) is 245 Å². The average molecular weight is 1210 g/mol. The van der Waals surface area contributed by atoms with Gasteiger partial charge < -0.3 is 34.2 Å². The molecule has 0 radical (unpaired) electrons. The molecule has 5 unspecified atom stereocenters. The molecular formula is C65H110O16P2. The van der Waals surface area contributed by atoms with Crippen LogP contribution in [0.1, 0.15) is 226 Å². The molecule has 0 aliphatic heterocycles. The van der Waals surface area contributed by atoms with Crippen LogP contribution in [-0.4, -0.2) is 95.9 Å². The van der Waals surface area contributed by atoms with E-state index in [0.717, 1.165) is 141 Å². The molecule has 4 N–H and O–H groups in total. The zero-order chi connectivity index (χ0) is 61.0. The molecule has 5 atom stereocenters. The van der Waals surface area contributed by atoms with Crippen molar-refractivity contribution in [3.63, 3.8) is 0 Å². The number of carbonyl (C=O) groups is 3. The Kier molecular flexibility index (Phi) is 55.9. The molecule has 0 aromatic heterocycles. The SMILES string of the molecule is CC/C=C\C/C=C\C/C=C\C/C=C\C/C=C\C/C=C\CCCCC(=O)OCC(O)COP(=O)(O)OCC(O)COP(=O)(O)OCC(COC(=O)CCCCCCC/C=C\C/C=C\CCC)OC(=O)CCCCCCC/C=C\CCCCCC. The fourth-order valence-corrected chi connectivity index (χ4v) is 9.25. The van der Waals surface area contributed by atoms with Crippen LogP contribution >= 0.6 is 15.6 Å². The van der Waals surface area contributed by atoms with E-state index in [-0.39, 0.29) is 19.3 Å². The summed E-state index contributed by atoms with van der Waals surface area (Å²) in [6.45, 7) is 2.36. The Labute approximate surface area is 500 Å². The van der Waals surface area contributed by atoms with Crippen LogP contribution in [0.3, 0.4) is 0 Å².